The highest BCUT2D eigenvalue weighted by atomic mass is 16.3. The zero-order valence-corrected chi connectivity index (χ0v) is 8.67. The average molecular weight is 202 g/mol. The topological polar surface area (TPSA) is 78.4 Å². The number of hydrogen-bond acceptors (Lipinski definition) is 3. The molecule has 2 amide bonds. The van der Waals surface area contributed by atoms with E-state index in [4.69, 9.17) is 5.11 Å². The van der Waals surface area contributed by atoms with Gasteiger partial charge in [-0.25, -0.2) is 0 Å². The van der Waals surface area contributed by atoms with Crippen LogP contribution in [0, 0.1) is 0 Å². The summed E-state index contributed by atoms with van der Waals surface area (Å²) >= 11 is 0. The van der Waals surface area contributed by atoms with Crippen LogP contribution in [0.2, 0.25) is 0 Å². The molecule has 1 atom stereocenters. The molecule has 82 valence electrons. The zero-order chi connectivity index (χ0) is 11.0. The average Bonchev–Trinajstić information content (AvgIpc) is 2.17. The summed E-state index contributed by atoms with van der Waals surface area (Å²) in [6, 6.07) is 0.00564. The number of carbonyl (C=O) groups excluding carboxylic acids is 2. The van der Waals surface area contributed by atoms with Crippen LogP contribution in [0.1, 0.15) is 26.7 Å². The van der Waals surface area contributed by atoms with Gasteiger partial charge in [-0.05, 0) is 19.8 Å². The van der Waals surface area contributed by atoms with Gasteiger partial charge in [0, 0.05) is 19.2 Å². The molecule has 0 aromatic heterocycles. The van der Waals surface area contributed by atoms with Crippen molar-refractivity contribution >= 4 is 11.8 Å². The molecule has 0 aliphatic rings. The third-order valence-corrected chi connectivity index (χ3v) is 1.82. The number of rotatable bonds is 5. The summed E-state index contributed by atoms with van der Waals surface area (Å²) in [5.41, 5.74) is 0. The summed E-state index contributed by atoms with van der Waals surface area (Å²) < 4.78 is 0. The fourth-order valence-corrected chi connectivity index (χ4v) is 0.753. The van der Waals surface area contributed by atoms with Crippen LogP contribution in [0.25, 0.3) is 0 Å². The quantitative estimate of drug-likeness (QED) is 0.411. The van der Waals surface area contributed by atoms with Gasteiger partial charge >= 0.3 is 11.8 Å². The molecular formula is C9H18N2O3. The van der Waals surface area contributed by atoms with Gasteiger partial charge in [0.25, 0.3) is 0 Å². The minimum Gasteiger partial charge on any atom is -0.396 e. The minimum atomic E-state index is -0.640. The third kappa shape index (κ3) is 5.53. The maximum absolute atomic E-state index is 11.1. The Labute approximate surface area is 83.9 Å². The molecule has 0 aromatic rings. The van der Waals surface area contributed by atoms with E-state index in [0.717, 1.165) is 6.42 Å². The van der Waals surface area contributed by atoms with Crippen molar-refractivity contribution in [3.8, 4) is 0 Å². The normalized spacial score (nSPS) is 11.9. The van der Waals surface area contributed by atoms with Gasteiger partial charge < -0.3 is 15.7 Å². The molecule has 0 saturated heterocycles. The Morgan fingerprint density at radius 2 is 2.00 bits per heavy atom. The first kappa shape index (κ1) is 12.9. The highest BCUT2D eigenvalue weighted by Crippen LogP contribution is 1.87. The van der Waals surface area contributed by atoms with Crippen molar-refractivity contribution < 1.29 is 14.7 Å². The fraction of sp³-hybridized carbons (Fsp3) is 0.778. The van der Waals surface area contributed by atoms with Crippen molar-refractivity contribution in [2.24, 2.45) is 0 Å². The lowest BCUT2D eigenvalue weighted by Gasteiger charge is -2.10. The van der Waals surface area contributed by atoms with E-state index in [1.165, 1.54) is 0 Å². The highest BCUT2D eigenvalue weighted by Gasteiger charge is 2.13. The Hall–Kier alpha value is -1.10. The number of amides is 2. The Morgan fingerprint density at radius 1 is 1.36 bits per heavy atom. The molecule has 0 aliphatic heterocycles. The highest BCUT2D eigenvalue weighted by molar-refractivity contribution is 6.35. The number of aliphatic hydroxyl groups excluding tert-OH is 1. The van der Waals surface area contributed by atoms with Gasteiger partial charge in [0.2, 0.25) is 0 Å². The van der Waals surface area contributed by atoms with Gasteiger partial charge in [0.05, 0.1) is 0 Å². The fourth-order valence-electron chi connectivity index (χ4n) is 0.753. The van der Waals surface area contributed by atoms with Gasteiger partial charge in [-0.3, -0.25) is 9.59 Å². The van der Waals surface area contributed by atoms with Crippen LogP contribution in [-0.4, -0.2) is 36.1 Å². The van der Waals surface area contributed by atoms with E-state index in [1.807, 2.05) is 13.8 Å². The minimum absolute atomic E-state index is 0.00564. The first-order chi connectivity index (χ1) is 6.61. The first-order valence-corrected chi connectivity index (χ1v) is 4.81. The maximum Gasteiger partial charge on any atom is 0.309 e. The molecule has 0 spiro atoms. The Balaban J connectivity index is 3.71. The van der Waals surface area contributed by atoms with Crippen molar-refractivity contribution in [2.75, 3.05) is 13.2 Å². The van der Waals surface area contributed by atoms with Crippen molar-refractivity contribution in [3.05, 3.63) is 0 Å². The lowest BCUT2D eigenvalue weighted by molar-refractivity contribution is -0.139. The molecular weight excluding hydrogens is 184 g/mol. The van der Waals surface area contributed by atoms with E-state index in [-0.39, 0.29) is 12.6 Å². The summed E-state index contributed by atoms with van der Waals surface area (Å²) in [6.07, 6.45) is 1.25. The second-order valence-electron chi connectivity index (χ2n) is 3.12. The van der Waals surface area contributed by atoms with Crippen LogP contribution in [-0.2, 0) is 9.59 Å². The molecule has 0 heterocycles. The molecule has 5 heteroatoms. The van der Waals surface area contributed by atoms with Crippen LogP contribution < -0.4 is 10.6 Å². The molecule has 0 unspecified atom stereocenters. The Bertz CT molecular complexity index is 194. The zero-order valence-electron chi connectivity index (χ0n) is 8.67. The van der Waals surface area contributed by atoms with Crippen LogP contribution in [0.4, 0.5) is 0 Å². The number of hydrogen-bond donors (Lipinski definition) is 3. The summed E-state index contributed by atoms with van der Waals surface area (Å²) in [6.45, 7) is 4.09. The molecule has 0 radical (unpaired) electrons. The molecule has 0 aromatic carbocycles. The van der Waals surface area contributed by atoms with Crippen molar-refractivity contribution in [3.63, 3.8) is 0 Å². The molecule has 3 N–H and O–H groups in total. The lowest BCUT2D eigenvalue weighted by atomic mass is 10.2. The lowest BCUT2D eigenvalue weighted by Crippen LogP contribution is -2.43. The van der Waals surface area contributed by atoms with Gasteiger partial charge in [-0.15, -0.1) is 0 Å². The third-order valence-electron chi connectivity index (χ3n) is 1.82. The van der Waals surface area contributed by atoms with Crippen LogP contribution in [0.5, 0.6) is 0 Å². The largest absolute Gasteiger partial charge is 0.396 e. The van der Waals surface area contributed by atoms with E-state index in [0.29, 0.717) is 13.0 Å². The van der Waals surface area contributed by atoms with E-state index >= 15 is 0 Å². The predicted molar refractivity (Wildman–Crippen MR) is 52.6 cm³/mol. The number of aliphatic hydroxyl groups is 1. The van der Waals surface area contributed by atoms with Gasteiger partial charge in [0.1, 0.15) is 0 Å². The summed E-state index contributed by atoms with van der Waals surface area (Å²) in [7, 11) is 0. The molecule has 0 fully saturated rings. The van der Waals surface area contributed by atoms with E-state index in [2.05, 4.69) is 10.6 Å². The standard InChI is InChI=1S/C9H18N2O3/c1-3-7(2)11-9(14)8(13)10-5-4-6-12/h7,12H,3-6H2,1-2H3,(H,10,13)(H,11,14)/t7-/m0/s1. The SMILES string of the molecule is CC[C@H](C)NC(=O)C(=O)NCCCO. The van der Waals surface area contributed by atoms with Crippen LogP contribution in [0.15, 0.2) is 0 Å². The van der Waals surface area contributed by atoms with Crippen LogP contribution >= 0.6 is 0 Å². The summed E-state index contributed by atoms with van der Waals surface area (Å²) in [4.78, 5) is 22.2. The van der Waals surface area contributed by atoms with Crippen LogP contribution in [0.3, 0.4) is 0 Å². The van der Waals surface area contributed by atoms with Gasteiger partial charge in [-0.2, -0.15) is 0 Å². The molecule has 5 nitrogen and oxygen atoms in total. The van der Waals surface area contributed by atoms with E-state index < -0.39 is 11.8 Å². The Morgan fingerprint density at radius 3 is 2.50 bits per heavy atom. The van der Waals surface area contributed by atoms with E-state index in [1.54, 1.807) is 0 Å². The number of carbonyl (C=O) groups is 2. The molecule has 0 aliphatic carbocycles. The number of nitrogens with one attached hydrogen (secondary N) is 2. The van der Waals surface area contributed by atoms with Crippen molar-refractivity contribution in [2.45, 2.75) is 32.7 Å². The maximum atomic E-state index is 11.1. The van der Waals surface area contributed by atoms with Crippen molar-refractivity contribution in [1.82, 2.24) is 10.6 Å². The predicted octanol–water partition coefficient (Wildman–Crippen LogP) is -0.600. The van der Waals surface area contributed by atoms with Gasteiger partial charge in [0.15, 0.2) is 0 Å². The molecule has 14 heavy (non-hydrogen) atoms. The summed E-state index contributed by atoms with van der Waals surface area (Å²) in [5.74, 6) is -1.25. The molecule has 0 saturated carbocycles. The Kier molecular flexibility index (Phi) is 6.74. The molecule has 0 rings (SSSR count). The summed E-state index contributed by atoms with van der Waals surface area (Å²) in [5, 5.41) is 13.4. The smallest absolute Gasteiger partial charge is 0.309 e. The second kappa shape index (κ2) is 7.32. The van der Waals surface area contributed by atoms with Crippen molar-refractivity contribution in [1.29, 1.82) is 0 Å². The molecule has 0 bridgehead atoms. The van der Waals surface area contributed by atoms with E-state index in [9.17, 15) is 9.59 Å². The first-order valence-electron chi connectivity index (χ1n) is 4.81. The second-order valence-corrected chi connectivity index (χ2v) is 3.12. The van der Waals surface area contributed by atoms with Gasteiger partial charge in [-0.1, -0.05) is 6.92 Å². The monoisotopic (exact) mass is 202 g/mol.